The molecule has 4 aromatic carbocycles. The number of thiocarbonyl (C=S) groups is 1. The van der Waals surface area contributed by atoms with E-state index in [0.29, 0.717) is 17.2 Å². The molecule has 2 amide bonds. The van der Waals surface area contributed by atoms with E-state index in [4.69, 9.17) is 17.0 Å². The van der Waals surface area contributed by atoms with Gasteiger partial charge in [0.25, 0.3) is 11.8 Å². The Hall–Kier alpha value is -4.29. The Morgan fingerprint density at radius 2 is 1.42 bits per heavy atom. The number of para-hydroxylation sites is 1. The number of rotatable bonds is 4. The summed E-state index contributed by atoms with van der Waals surface area (Å²) in [5, 5.41) is 4.77. The number of fused-ring (bicyclic) bond motifs is 1. The highest BCUT2D eigenvalue weighted by molar-refractivity contribution is 7.80. The first-order valence-electron chi connectivity index (χ1n) is 10.3. The topological polar surface area (TPSA) is 58.6 Å². The van der Waals surface area contributed by atoms with Gasteiger partial charge in [-0.15, -0.1) is 0 Å². The lowest BCUT2D eigenvalue weighted by atomic mass is 10.0. The maximum Gasteiger partial charge on any atom is 0.270 e. The van der Waals surface area contributed by atoms with Crippen molar-refractivity contribution in [3.05, 3.63) is 108 Å². The largest absolute Gasteiger partial charge is 0.457 e. The molecule has 1 fully saturated rings. The van der Waals surface area contributed by atoms with E-state index in [1.54, 1.807) is 30.3 Å². The van der Waals surface area contributed by atoms with Crippen LogP contribution in [-0.2, 0) is 9.59 Å². The lowest BCUT2D eigenvalue weighted by Gasteiger charge is -2.29. The zero-order valence-corrected chi connectivity index (χ0v) is 18.2. The summed E-state index contributed by atoms with van der Waals surface area (Å²) in [5.74, 6) is 0.339. The van der Waals surface area contributed by atoms with Gasteiger partial charge in [-0.1, -0.05) is 54.6 Å². The Kier molecular flexibility index (Phi) is 5.42. The third-order valence-corrected chi connectivity index (χ3v) is 5.54. The number of hydrogen-bond donors (Lipinski definition) is 1. The molecule has 0 aliphatic carbocycles. The summed E-state index contributed by atoms with van der Waals surface area (Å²) < 4.78 is 5.81. The van der Waals surface area contributed by atoms with E-state index >= 15 is 0 Å². The van der Waals surface area contributed by atoms with Crippen LogP contribution in [0, 0.1) is 0 Å². The molecule has 5 nitrogen and oxygen atoms in total. The van der Waals surface area contributed by atoms with E-state index in [0.717, 1.165) is 16.3 Å². The molecule has 5 rings (SSSR count). The Labute approximate surface area is 195 Å². The molecule has 0 bridgehead atoms. The SMILES string of the molecule is O=C1NC(=S)N(c2ccc(Oc3ccccc3)cc2)C(=O)/C1=C/c1ccc2ccccc2c1. The summed E-state index contributed by atoms with van der Waals surface area (Å²) in [6.07, 6.45) is 1.59. The first-order valence-corrected chi connectivity index (χ1v) is 10.7. The molecule has 6 heteroatoms. The average molecular weight is 451 g/mol. The quantitative estimate of drug-likeness (QED) is 0.255. The first-order chi connectivity index (χ1) is 16.1. The molecule has 1 heterocycles. The molecule has 0 radical (unpaired) electrons. The van der Waals surface area contributed by atoms with Crippen LogP contribution in [0.4, 0.5) is 5.69 Å². The predicted molar refractivity (Wildman–Crippen MR) is 133 cm³/mol. The van der Waals surface area contributed by atoms with Crippen molar-refractivity contribution in [2.24, 2.45) is 0 Å². The van der Waals surface area contributed by atoms with Gasteiger partial charge in [-0.25, -0.2) is 0 Å². The molecule has 0 unspecified atom stereocenters. The minimum atomic E-state index is -0.515. The highest BCUT2D eigenvalue weighted by atomic mass is 32.1. The van der Waals surface area contributed by atoms with Crippen molar-refractivity contribution in [3.8, 4) is 11.5 Å². The second-order valence-electron chi connectivity index (χ2n) is 7.47. The Balaban J connectivity index is 1.43. The van der Waals surface area contributed by atoms with Gasteiger partial charge >= 0.3 is 0 Å². The highest BCUT2D eigenvalue weighted by Gasteiger charge is 2.34. The standard InChI is InChI=1S/C27H18N2O3S/c30-25-24(17-18-10-11-19-6-4-5-7-20(19)16-18)26(31)29(27(33)28-25)21-12-14-23(15-13-21)32-22-8-2-1-3-9-22/h1-17H,(H,28,30,33)/b24-17+. The molecule has 0 aromatic heterocycles. The zero-order chi connectivity index (χ0) is 22.8. The number of ether oxygens (including phenoxy) is 1. The smallest absolute Gasteiger partial charge is 0.270 e. The van der Waals surface area contributed by atoms with E-state index in [9.17, 15) is 9.59 Å². The molecule has 33 heavy (non-hydrogen) atoms. The van der Waals surface area contributed by atoms with Crippen LogP contribution in [0.25, 0.3) is 16.8 Å². The average Bonchev–Trinajstić information content (AvgIpc) is 2.83. The van der Waals surface area contributed by atoms with E-state index in [1.165, 1.54) is 4.90 Å². The summed E-state index contributed by atoms with van der Waals surface area (Å²) in [7, 11) is 0. The molecular weight excluding hydrogens is 432 g/mol. The Morgan fingerprint density at radius 3 is 2.18 bits per heavy atom. The van der Waals surface area contributed by atoms with Crippen LogP contribution >= 0.6 is 12.2 Å². The van der Waals surface area contributed by atoms with Gasteiger partial charge in [0.05, 0.1) is 5.69 Å². The van der Waals surface area contributed by atoms with Crippen LogP contribution in [0.5, 0.6) is 11.5 Å². The minimum absolute atomic E-state index is 0.0171. The van der Waals surface area contributed by atoms with Crippen molar-refractivity contribution in [2.75, 3.05) is 4.90 Å². The normalized spacial score (nSPS) is 15.1. The number of anilines is 1. The minimum Gasteiger partial charge on any atom is -0.457 e. The summed E-state index contributed by atoms with van der Waals surface area (Å²) >= 11 is 5.30. The third kappa shape index (κ3) is 4.24. The number of carbonyl (C=O) groups is 2. The van der Waals surface area contributed by atoms with E-state index < -0.39 is 11.8 Å². The van der Waals surface area contributed by atoms with Gasteiger partial charge in [-0.2, -0.15) is 0 Å². The molecule has 0 spiro atoms. The molecule has 160 valence electrons. The van der Waals surface area contributed by atoms with Gasteiger partial charge in [-0.3, -0.25) is 19.8 Å². The monoisotopic (exact) mass is 450 g/mol. The van der Waals surface area contributed by atoms with Gasteiger partial charge in [0.1, 0.15) is 17.1 Å². The fourth-order valence-electron chi connectivity index (χ4n) is 3.64. The summed E-state index contributed by atoms with van der Waals surface area (Å²) in [4.78, 5) is 27.2. The fourth-order valence-corrected chi connectivity index (χ4v) is 3.93. The molecule has 0 saturated carbocycles. The molecule has 4 aromatic rings. The number of benzene rings is 4. The van der Waals surface area contributed by atoms with Crippen molar-refractivity contribution in [3.63, 3.8) is 0 Å². The number of nitrogens with zero attached hydrogens (tertiary/aromatic N) is 1. The summed E-state index contributed by atoms with van der Waals surface area (Å²) in [6, 6.07) is 30.1. The first kappa shape index (κ1) is 20.6. The number of hydrogen-bond acceptors (Lipinski definition) is 4. The fraction of sp³-hybridized carbons (Fsp3) is 0. The van der Waals surface area contributed by atoms with E-state index in [1.807, 2.05) is 72.8 Å². The van der Waals surface area contributed by atoms with E-state index in [2.05, 4.69) is 5.32 Å². The van der Waals surface area contributed by atoms with Crippen LogP contribution in [0.1, 0.15) is 5.56 Å². The van der Waals surface area contributed by atoms with Crippen LogP contribution in [0.2, 0.25) is 0 Å². The van der Waals surface area contributed by atoms with Gasteiger partial charge < -0.3 is 4.74 Å². The maximum absolute atomic E-state index is 13.3. The van der Waals surface area contributed by atoms with Crippen LogP contribution in [-0.4, -0.2) is 16.9 Å². The van der Waals surface area contributed by atoms with Crippen molar-refractivity contribution in [1.29, 1.82) is 0 Å². The highest BCUT2D eigenvalue weighted by Crippen LogP contribution is 2.27. The molecular formula is C27H18N2O3S. The van der Waals surface area contributed by atoms with Crippen molar-refractivity contribution < 1.29 is 14.3 Å². The Morgan fingerprint density at radius 1 is 0.758 bits per heavy atom. The van der Waals surface area contributed by atoms with Gasteiger partial charge in [-0.05, 0) is 77.1 Å². The molecule has 1 aliphatic rings. The van der Waals surface area contributed by atoms with Crippen molar-refractivity contribution >= 4 is 51.7 Å². The predicted octanol–water partition coefficient (Wildman–Crippen LogP) is 5.46. The number of nitrogens with one attached hydrogen (secondary N) is 1. The second kappa shape index (κ2) is 8.68. The number of amides is 2. The van der Waals surface area contributed by atoms with Gasteiger partial charge in [0.15, 0.2) is 5.11 Å². The van der Waals surface area contributed by atoms with Gasteiger partial charge in [0.2, 0.25) is 0 Å². The Bertz CT molecular complexity index is 1410. The van der Waals surface area contributed by atoms with Crippen molar-refractivity contribution in [1.82, 2.24) is 5.32 Å². The van der Waals surface area contributed by atoms with Crippen LogP contribution < -0.4 is 15.0 Å². The molecule has 1 saturated heterocycles. The molecule has 1 N–H and O–H groups in total. The van der Waals surface area contributed by atoms with Crippen molar-refractivity contribution in [2.45, 2.75) is 0 Å². The third-order valence-electron chi connectivity index (χ3n) is 5.26. The molecule has 1 aliphatic heterocycles. The van der Waals surface area contributed by atoms with Crippen LogP contribution in [0.3, 0.4) is 0 Å². The lowest BCUT2D eigenvalue weighted by Crippen LogP contribution is -2.54. The number of carbonyl (C=O) groups excluding carboxylic acids is 2. The van der Waals surface area contributed by atoms with Gasteiger partial charge in [0, 0.05) is 0 Å². The molecule has 0 atom stereocenters. The lowest BCUT2D eigenvalue weighted by molar-refractivity contribution is -0.122. The zero-order valence-electron chi connectivity index (χ0n) is 17.4. The summed E-state index contributed by atoms with van der Waals surface area (Å²) in [6.45, 7) is 0. The van der Waals surface area contributed by atoms with Crippen LogP contribution in [0.15, 0.2) is 103 Å². The summed E-state index contributed by atoms with van der Waals surface area (Å²) in [5.41, 5.74) is 1.31. The van der Waals surface area contributed by atoms with E-state index in [-0.39, 0.29) is 10.7 Å². The second-order valence-corrected chi connectivity index (χ2v) is 7.86. The maximum atomic E-state index is 13.3.